The number of hydrogen-bond donors (Lipinski definition) is 4. The summed E-state index contributed by atoms with van der Waals surface area (Å²) in [7, 11) is -7.72. The van der Waals surface area contributed by atoms with Gasteiger partial charge in [0.25, 0.3) is 0 Å². The van der Waals surface area contributed by atoms with Crippen LogP contribution in [-0.2, 0) is 19.5 Å². The minimum absolute atomic E-state index is 0. The van der Waals surface area contributed by atoms with Gasteiger partial charge in [-0.2, -0.15) is 0 Å². The Kier molecular flexibility index (Phi) is 10.3. The van der Waals surface area contributed by atoms with Gasteiger partial charge in [0.1, 0.15) is 0 Å². The summed E-state index contributed by atoms with van der Waals surface area (Å²) in [5, 5.41) is 0. The van der Waals surface area contributed by atoms with E-state index in [2.05, 4.69) is 0 Å². The van der Waals surface area contributed by atoms with Gasteiger partial charge in [0.15, 0.2) is 0 Å². The molecule has 0 aliphatic carbocycles. The van der Waals surface area contributed by atoms with Gasteiger partial charge in [0.05, 0.1) is 0 Å². The quantitative estimate of drug-likeness (QED) is 0.323. The average molecular weight is 252 g/mol. The number of hydrogen-bond acceptors (Lipinski definition) is 6. The molecule has 9 heteroatoms. The van der Waals surface area contributed by atoms with E-state index >= 15 is 0 Å². The zero-order valence-corrected chi connectivity index (χ0v) is 11.3. The zero-order valence-electron chi connectivity index (χ0n) is 6.31. The predicted molar refractivity (Wildman–Crippen MR) is 32.1 cm³/mol. The molecule has 0 saturated heterocycles. The van der Waals surface area contributed by atoms with E-state index < -0.39 is 17.6 Å². The molecule has 0 amide bonds. The Bertz CT molecular complexity index is 61.6. The Morgan fingerprint density at radius 2 is 0.818 bits per heavy atom. The van der Waals surface area contributed by atoms with Crippen LogP contribution in [0.15, 0.2) is 0 Å². The summed E-state index contributed by atoms with van der Waals surface area (Å²) in [4.78, 5) is 49.3. The summed E-state index contributed by atoms with van der Waals surface area (Å²) in [6, 6.07) is 0. The molecule has 0 fully saturated rings. The van der Waals surface area contributed by atoms with Gasteiger partial charge in [-0.3, -0.25) is 0 Å². The van der Waals surface area contributed by atoms with Crippen molar-refractivity contribution in [2.24, 2.45) is 0 Å². The van der Waals surface area contributed by atoms with Crippen molar-refractivity contribution in [3.63, 3.8) is 0 Å². The van der Waals surface area contributed by atoms with E-state index in [9.17, 15) is 9.59 Å². The fourth-order valence-electron chi connectivity index (χ4n) is 0. The topological polar surface area (TPSA) is 127 Å². The van der Waals surface area contributed by atoms with Crippen LogP contribution in [-0.4, -0.2) is 36.8 Å². The van der Waals surface area contributed by atoms with Gasteiger partial charge in [-0.05, 0) is 13.1 Å². The molecular weight excluding hydrogens is 242 g/mol. The summed E-state index contributed by atoms with van der Waals surface area (Å²) in [6.07, 6.45) is 0. The Labute approximate surface area is 79.3 Å². The summed E-state index contributed by atoms with van der Waals surface area (Å²) >= 11 is 0. The van der Waals surface area contributed by atoms with E-state index in [1.165, 1.54) is 0 Å². The molecule has 0 aliphatic heterocycles. The maximum atomic E-state index is 9.35. The van der Waals surface area contributed by atoms with Gasteiger partial charge in [-0.15, -0.1) is 0 Å². The van der Waals surface area contributed by atoms with E-state index in [1.807, 2.05) is 0 Å². The fourth-order valence-corrected chi connectivity index (χ4v) is 0. The molecule has 0 rings (SSSR count). The van der Waals surface area contributed by atoms with Crippen LogP contribution in [0.25, 0.3) is 0 Å². The first kappa shape index (κ1) is 17.8. The maximum absolute atomic E-state index is 9.35. The molecule has 0 aromatic rings. The third-order valence-corrected chi connectivity index (χ3v) is 0. The molecule has 0 saturated carbocycles. The minimum Gasteiger partial charge on any atom is -0.817 e. The van der Waals surface area contributed by atoms with Crippen LogP contribution in [0, 0.1) is 0 Å². The van der Waals surface area contributed by atoms with Gasteiger partial charge in [0.2, 0.25) is 17.6 Å². The summed E-state index contributed by atoms with van der Waals surface area (Å²) in [5.41, 5.74) is 0. The number of rotatable bonds is 0. The molecule has 6 nitrogen and oxygen atoms in total. The van der Waals surface area contributed by atoms with Crippen molar-refractivity contribution in [1.29, 1.82) is 0 Å². The Morgan fingerprint density at radius 1 is 0.818 bits per heavy atom. The van der Waals surface area contributed by atoms with E-state index in [-0.39, 0.29) is 19.5 Å². The SMILES string of the molecule is C[Si]([O-])(O)O.C[Si]([O-])(O)O.[Zn+2]. The van der Waals surface area contributed by atoms with Crippen molar-refractivity contribution in [3.8, 4) is 0 Å². The molecule has 4 N–H and O–H groups in total. The van der Waals surface area contributed by atoms with Crippen LogP contribution in [0.1, 0.15) is 0 Å². The van der Waals surface area contributed by atoms with Crippen molar-refractivity contribution in [3.05, 3.63) is 0 Å². The second-order valence-electron chi connectivity index (χ2n) is 1.87. The molecule has 0 unspecified atom stereocenters. The van der Waals surface area contributed by atoms with Crippen molar-refractivity contribution in [2.45, 2.75) is 13.1 Å². The summed E-state index contributed by atoms with van der Waals surface area (Å²) < 4.78 is 0. The van der Waals surface area contributed by atoms with E-state index in [1.54, 1.807) is 0 Å². The molecule has 0 radical (unpaired) electrons. The molecule has 0 bridgehead atoms. The summed E-state index contributed by atoms with van der Waals surface area (Å²) in [5.74, 6) is 0. The first-order chi connectivity index (χ1) is 4.00. The first-order valence-corrected chi connectivity index (χ1v) is 6.91. The van der Waals surface area contributed by atoms with Gasteiger partial charge in [-0.1, -0.05) is 0 Å². The molecular formula is C2H10O6Si2Zn. The van der Waals surface area contributed by atoms with Crippen LogP contribution in [0.3, 0.4) is 0 Å². The Morgan fingerprint density at radius 3 is 0.818 bits per heavy atom. The van der Waals surface area contributed by atoms with Gasteiger partial charge in [-0.25, -0.2) is 0 Å². The van der Waals surface area contributed by atoms with Crippen LogP contribution in [0.4, 0.5) is 0 Å². The molecule has 11 heavy (non-hydrogen) atoms. The smallest absolute Gasteiger partial charge is 0.817 e. The predicted octanol–water partition coefficient (Wildman–Crippen LogP) is -4.20. The first-order valence-electron chi connectivity index (χ1n) is 2.30. The van der Waals surface area contributed by atoms with Gasteiger partial charge >= 0.3 is 19.5 Å². The molecule has 0 spiro atoms. The van der Waals surface area contributed by atoms with Crippen LogP contribution >= 0.6 is 0 Å². The molecule has 64 valence electrons. The van der Waals surface area contributed by atoms with Gasteiger partial charge in [0, 0.05) is 0 Å². The van der Waals surface area contributed by atoms with E-state index in [4.69, 9.17) is 19.2 Å². The van der Waals surface area contributed by atoms with Crippen LogP contribution < -0.4 is 9.59 Å². The maximum Gasteiger partial charge on any atom is 2.00 e. The van der Waals surface area contributed by atoms with Gasteiger partial charge < -0.3 is 28.8 Å². The molecule has 0 aliphatic rings. The second-order valence-corrected chi connectivity index (χ2v) is 5.60. The largest absolute Gasteiger partial charge is 2.00 e. The van der Waals surface area contributed by atoms with Crippen molar-refractivity contribution in [2.75, 3.05) is 0 Å². The minimum atomic E-state index is -3.86. The molecule has 0 atom stereocenters. The average Bonchev–Trinajstić information content (AvgIpc) is 1.12. The molecule has 0 heterocycles. The van der Waals surface area contributed by atoms with Crippen molar-refractivity contribution in [1.82, 2.24) is 0 Å². The standard InChI is InChI=1S/2CH5O3Si.Zn/c2*1-5(2,3)4;/h2*2-3H,1H3;/q2*-1;+2. The summed E-state index contributed by atoms with van der Waals surface area (Å²) in [6.45, 7) is 1.76. The molecule has 0 aromatic heterocycles. The van der Waals surface area contributed by atoms with Crippen molar-refractivity contribution >= 4 is 17.6 Å². The second kappa shape index (κ2) is 6.35. The third-order valence-electron chi connectivity index (χ3n) is 0. The fraction of sp³-hybridized carbons (Fsp3) is 1.00. The van der Waals surface area contributed by atoms with Crippen LogP contribution in [0.5, 0.6) is 0 Å². The monoisotopic (exact) mass is 250 g/mol. The van der Waals surface area contributed by atoms with Crippen LogP contribution in [0.2, 0.25) is 13.1 Å². The normalized spacial score (nSPS) is 10.9. The Balaban J connectivity index is -0.000000107. The third kappa shape index (κ3) is 1260. The molecule has 0 aromatic carbocycles. The van der Waals surface area contributed by atoms with Crippen molar-refractivity contribution < 1.29 is 48.3 Å². The van der Waals surface area contributed by atoms with E-state index in [0.717, 1.165) is 13.1 Å². The van der Waals surface area contributed by atoms with E-state index in [0.29, 0.717) is 0 Å². The Hall–Kier alpha value is 0.817. The zero-order chi connectivity index (χ0) is 9.00.